The Morgan fingerprint density at radius 1 is 1.09 bits per heavy atom. The fourth-order valence-corrected chi connectivity index (χ4v) is 4.10. The Bertz CT molecular complexity index is 1120. The molecular formula is C23H23F3N4O3. The summed E-state index contributed by atoms with van der Waals surface area (Å²) in [5, 5.41) is 2.74. The van der Waals surface area contributed by atoms with Crippen molar-refractivity contribution in [3.63, 3.8) is 0 Å². The van der Waals surface area contributed by atoms with Crippen molar-refractivity contribution in [1.82, 2.24) is 14.7 Å². The number of piperazine rings is 1. The maximum absolute atomic E-state index is 13.3. The summed E-state index contributed by atoms with van der Waals surface area (Å²) in [7, 11) is 3.54. The van der Waals surface area contributed by atoms with Crippen LogP contribution in [-0.2, 0) is 15.8 Å². The first kappa shape index (κ1) is 22.8. The maximum Gasteiger partial charge on any atom is 0.416 e. The third-order valence-electron chi connectivity index (χ3n) is 5.78. The second-order valence-electron chi connectivity index (χ2n) is 8.42. The Morgan fingerprint density at radius 3 is 2.52 bits per heavy atom. The topological polar surface area (TPSA) is 73.0 Å². The van der Waals surface area contributed by atoms with E-state index in [0.29, 0.717) is 23.4 Å². The molecular weight excluding hydrogens is 437 g/mol. The molecule has 1 unspecified atom stereocenters. The maximum atomic E-state index is 13.3. The molecule has 33 heavy (non-hydrogen) atoms. The average Bonchev–Trinajstić information content (AvgIpc) is 2.87. The van der Waals surface area contributed by atoms with Crippen molar-refractivity contribution in [2.75, 3.05) is 45.6 Å². The van der Waals surface area contributed by atoms with Crippen molar-refractivity contribution >= 4 is 23.4 Å². The van der Waals surface area contributed by atoms with Gasteiger partial charge in [0.15, 0.2) is 0 Å². The monoisotopic (exact) mass is 460 g/mol. The molecule has 1 atom stereocenters. The number of carbonyl (C=O) groups is 3. The zero-order valence-electron chi connectivity index (χ0n) is 18.1. The van der Waals surface area contributed by atoms with Crippen molar-refractivity contribution in [3.8, 4) is 11.1 Å². The molecule has 0 bridgehead atoms. The molecule has 0 aromatic heterocycles. The molecule has 2 heterocycles. The molecule has 3 amide bonds. The van der Waals surface area contributed by atoms with Gasteiger partial charge in [-0.05, 0) is 49.5 Å². The number of anilines is 1. The Labute approximate surface area is 188 Å². The van der Waals surface area contributed by atoms with Crippen molar-refractivity contribution < 1.29 is 27.6 Å². The molecule has 2 aromatic carbocycles. The number of amides is 3. The van der Waals surface area contributed by atoms with Crippen LogP contribution in [0.5, 0.6) is 0 Å². The van der Waals surface area contributed by atoms with E-state index in [2.05, 4.69) is 5.32 Å². The first-order valence-electron chi connectivity index (χ1n) is 10.4. The lowest BCUT2D eigenvalue weighted by Crippen LogP contribution is -2.60. The number of hydrogen-bond acceptors (Lipinski definition) is 4. The molecule has 0 aliphatic carbocycles. The third kappa shape index (κ3) is 4.56. The summed E-state index contributed by atoms with van der Waals surface area (Å²) in [6.07, 6.45) is -4.48. The summed E-state index contributed by atoms with van der Waals surface area (Å²) in [6, 6.07) is 8.61. The van der Waals surface area contributed by atoms with Gasteiger partial charge in [0.05, 0.1) is 29.9 Å². The van der Waals surface area contributed by atoms with Crippen LogP contribution in [0.25, 0.3) is 11.1 Å². The molecule has 2 aromatic rings. The van der Waals surface area contributed by atoms with Crippen molar-refractivity contribution in [2.24, 2.45) is 0 Å². The van der Waals surface area contributed by atoms with Crippen molar-refractivity contribution in [2.45, 2.75) is 12.2 Å². The SMILES string of the molecule is CN(C)CC(=O)N1CCN2C(=O)c3cc(-c4cccc(C(F)(F)F)c4)ccc3NC(=O)C2C1. The highest BCUT2D eigenvalue weighted by atomic mass is 19.4. The number of carbonyl (C=O) groups excluding carboxylic acids is 3. The van der Waals surface area contributed by atoms with E-state index in [9.17, 15) is 27.6 Å². The van der Waals surface area contributed by atoms with Crippen LogP contribution in [0.2, 0.25) is 0 Å². The normalized spacial score (nSPS) is 18.5. The Kier molecular flexibility index (Phi) is 5.87. The molecule has 1 saturated heterocycles. The van der Waals surface area contributed by atoms with E-state index in [1.165, 1.54) is 29.2 Å². The first-order chi connectivity index (χ1) is 15.5. The van der Waals surface area contributed by atoms with Crippen molar-refractivity contribution in [3.05, 3.63) is 53.6 Å². The quantitative estimate of drug-likeness (QED) is 0.764. The summed E-state index contributed by atoms with van der Waals surface area (Å²) >= 11 is 0. The Balaban J connectivity index is 1.63. The molecule has 0 saturated carbocycles. The number of likely N-dealkylation sites (N-methyl/N-ethyl adjacent to an activating group) is 1. The molecule has 2 aliphatic heterocycles. The summed E-state index contributed by atoms with van der Waals surface area (Å²) in [5.41, 5.74) is 0.454. The zero-order valence-corrected chi connectivity index (χ0v) is 18.1. The number of halogens is 3. The zero-order chi connectivity index (χ0) is 23.9. The standard InChI is InChI=1S/C23H23F3N4O3/c1-28(2)13-20(31)29-8-9-30-19(12-29)21(32)27-18-7-6-15(11-17(18)22(30)33)14-4-3-5-16(10-14)23(24,25)26/h3-7,10-11,19H,8-9,12-13H2,1-2H3,(H,27,32). The van der Waals surface area contributed by atoms with Crippen molar-refractivity contribution in [1.29, 1.82) is 0 Å². The van der Waals surface area contributed by atoms with Crippen LogP contribution < -0.4 is 5.32 Å². The van der Waals surface area contributed by atoms with Crippen LogP contribution in [0.3, 0.4) is 0 Å². The van der Waals surface area contributed by atoms with E-state index in [1.807, 2.05) is 0 Å². The summed E-state index contributed by atoms with van der Waals surface area (Å²) in [6.45, 7) is 0.760. The van der Waals surface area contributed by atoms with Crippen LogP contribution in [0, 0.1) is 0 Å². The molecule has 1 fully saturated rings. The highest BCUT2D eigenvalue weighted by molar-refractivity contribution is 6.10. The lowest BCUT2D eigenvalue weighted by molar-refractivity contribution is -0.138. The smallest absolute Gasteiger partial charge is 0.337 e. The molecule has 174 valence electrons. The number of benzene rings is 2. The highest BCUT2D eigenvalue weighted by Gasteiger charge is 2.40. The van der Waals surface area contributed by atoms with Crippen LogP contribution in [-0.4, -0.2) is 78.7 Å². The van der Waals surface area contributed by atoms with Gasteiger partial charge in [-0.1, -0.05) is 18.2 Å². The lowest BCUT2D eigenvalue weighted by Gasteiger charge is -2.39. The minimum absolute atomic E-state index is 0.0821. The minimum atomic E-state index is -4.48. The molecule has 2 aliphatic rings. The minimum Gasteiger partial charge on any atom is -0.337 e. The predicted molar refractivity (Wildman–Crippen MR) is 115 cm³/mol. The van der Waals surface area contributed by atoms with E-state index in [-0.39, 0.29) is 31.1 Å². The van der Waals surface area contributed by atoms with Gasteiger partial charge in [-0.3, -0.25) is 14.4 Å². The number of nitrogens with one attached hydrogen (secondary N) is 1. The second-order valence-corrected chi connectivity index (χ2v) is 8.42. The lowest BCUT2D eigenvalue weighted by atomic mass is 9.99. The van der Waals surface area contributed by atoms with E-state index in [4.69, 9.17) is 0 Å². The molecule has 0 radical (unpaired) electrons. The van der Waals surface area contributed by atoms with E-state index in [1.54, 1.807) is 30.0 Å². The van der Waals surface area contributed by atoms with Gasteiger partial charge in [0.1, 0.15) is 6.04 Å². The Hall–Kier alpha value is -3.40. The van der Waals surface area contributed by atoms with Gasteiger partial charge >= 0.3 is 6.18 Å². The fourth-order valence-electron chi connectivity index (χ4n) is 4.10. The van der Waals surface area contributed by atoms with Gasteiger partial charge in [-0.15, -0.1) is 0 Å². The van der Waals surface area contributed by atoms with Crippen LogP contribution in [0.15, 0.2) is 42.5 Å². The number of nitrogens with zero attached hydrogens (tertiary/aromatic N) is 3. The predicted octanol–water partition coefficient (Wildman–Crippen LogP) is 2.54. The highest BCUT2D eigenvalue weighted by Crippen LogP contribution is 2.34. The van der Waals surface area contributed by atoms with Crippen LogP contribution in [0.1, 0.15) is 15.9 Å². The fraction of sp³-hybridized carbons (Fsp3) is 0.348. The third-order valence-corrected chi connectivity index (χ3v) is 5.78. The van der Waals surface area contributed by atoms with E-state index in [0.717, 1.165) is 12.1 Å². The number of fused-ring (bicyclic) bond motifs is 2. The summed E-state index contributed by atoms with van der Waals surface area (Å²) in [5.74, 6) is -0.938. The van der Waals surface area contributed by atoms with Gasteiger partial charge in [-0.25, -0.2) is 0 Å². The largest absolute Gasteiger partial charge is 0.416 e. The van der Waals surface area contributed by atoms with E-state index < -0.39 is 29.6 Å². The Morgan fingerprint density at radius 2 is 1.82 bits per heavy atom. The van der Waals surface area contributed by atoms with Gasteiger partial charge in [0.25, 0.3) is 5.91 Å². The molecule has 1 N–H and O–H groups in total. The number of hydrogen-bond donors (Lipinski definition) is 1. The average molecular weight is 460 g/mol. The molecule has 4 rings (SSSR count). The van der Waals surface area contributed by atoms with Gasteiger partial charge in [0, 0.05) is 13.1 Å². The van der Waals surface area contributed by atoms with E-state index >= 15 is 0 Å². The number of rotatable bonds is 3. The van der Waals surface area contributed by atoms with Crippen LogP contribution in [0.4, 0.5) is 18.9 Å². The second kappa shape index (κ2) is 8.51. The van der Waals surface area contributed by atoms with Gasteiger partial charge < -0.3 is 20.0 Å². The first-order valence-corrected chi connectivity index (χ1v) is 10.4. The summed E-state index contributed by atoms with van der Waals surface area (Å²) in [4.78, 5) is 43.4. The summed E-state index contributed by atoms with van der Waals surface area (Å²) < 4.78 is 39.4. The molecule has 10 heteroatoms. The van der Waals surface area contributed by atoms with Crippen LogP contribution >= 0.6 is 0 Å². The van der Waals surface area contributed by atoms with Gasteiger partial charge in [-0.2, -0.15) is 13.2 Å². The molecule has 0 spiro atoms. The number of alkyl halides is 3. The molecule has 7 nitrogen and oxygen atoms in total. The van der Waals surface area contributed by atoms with Gasteiger partial charge in [0.2, 0.25) is 11.8 Å².